The second kappa shape index (κ2) is 5.31. The van der Waals surface area contributed by atoms with Crippen LogP contribution in [0.4, 0.5) is 0 Å². The molecule has 4 nitrogen and oxygen atoms in total. The predicted molar refractivity (Wildman–Crippen MR) is 77.0 cm³/mol. The molecular formula is C15H22N4. The first-order valence-corrected chi connectivity index (χ1v) is 7.17. The van der Waals surface area contributed by atoms with Crippen molar-refractivity contribution in [3.8, 4) is 0 Å². The van der Waals surface area contributed by atoms with Gasteiger partial charge in [-0.1, -0.05) is 6.92 Å². The minimum absolute atomic E-state index is 0.576. The van der Waals surface area contributed by atoms with Crippen molar-refractivity contribution < 1.29 is 0 Å². The van der Waals surface area contributed by atoms with E-state index >= 15 is 0 Å². The summed E-state index contributed by atoms with van der Waals surface area (Å²) in [5, 5.41) is 0. The van der Waals surface area contributed by atoms with Crippen LogP contribution in [-0.2, 0) is 13.0 Å². The molecule has 0 amide bonds. The summed E-state index contributed by atoms with van der Waals surface area (Å²) in [7, 11) is 0. The second-order valence-electron chi connectivity index (χ2n) is 5.49. The van der Waals surface area contributed by atoms with Crippen molar-refractivity contribution in [2.45, 2.75) is 26.3 Å². The third-order valence-corrected chi connectivity index (χ3v) is 4.13. The van der Waals surface area contributed by atoms with Crippen LogP contribution in [0.25, 0.3) is 5.65 Å². The minimum atomic E-state index is 0.576. The van der Waals surface area contributed by atoms with Crippen LogP contribution >= 0.6 is 0 Å². The molecule has 4 heteroatoms. The van der Waals surface area contributed by atoms with E-state index < -0.39 is 0 Å². The van der Waals surface area contributed by atoms with Gasteiger partial charge >= 0.3 is 0 Å². The zero-order chi connectivity index (χ0) is 13.2. The number of hydrogen-bond donors (Lipinski definition) is 1. The summed E-state index contributed by atoms with van der Waals surface area (Å²) in [6.45, 7) is 6.44. The Morgan fingerprint density at radius 2 is 2.37 bits per heavy atom. The highest BCUT2D eigenvalue weighted by Gasteiger charge is 2.22. The maximum Gasteiger partial charge on any atom is 0.137 e. The summed E-state index contributed by atoms with van der Waals surface area (Å²) < 4.78 is 2.10. The zero-order valence-electron chi connectivity index (χ0n) is 11.5. The van der Waals surface area contributed by atoms with Gasteiger partial charge in [0.05, 0.1) is 5.69 Å². The van der Waals surface area contributed by atoms with Gasteiger partial charge in [0.2, 0.25) is 0 Å². The monoisotopic (exact) mass is 258 g/mol. The molecule has 1 unspecified atom stereocenters. The number of likely N-dealkylation sites (tertiary alicyclic amines) is 1. The van der Waals surface area contributed by atoms with Crippen molar-refractivity contribution in [3.63, 3.8) is 0 Å². The Hall–Kier alpha value is -1.39. The van der Waals surface area contributed by atoms with E-state index in [1.807, 2.05) is 0 Å². The lowest BCUT2D eigenvalue weighted by Gasteiger charge is -2.11. The molecule has 1 atom stereocenters. The van der Waals surface area contributed by atoms with Crippen molar-refractivity contribution in [1.29, 1.82) is 0 Å². The van der Waals surface area contributed by atoms with Crippen LogP contribution in [0.15, 0.2) is 24.5 Å². The van der Waals surface area contributed by atoms with Crippen molar-refractivity contribution in [2.75, 3.05) is 19.6 Å². The first kappa shape index (κ1) is 12.6. The van der Waals surface area contributed by atoms with E-state index in [4.69, 9.17) is 10.7 Å². The molecule has 0 bridgehead atoms. The van der Waals surface area contributed by atoms with Crippen molar-refractivity contribution in [2.24, 2.45) is 11.7 Å². The summed E-state index contributed by atoms with van der Waals surface area (Å²) in [6.07, 6.45) is 6.61. The number of fused-ring (bicyclic) bond motifs is 1. The number of hydrogen-bond acceptors (Lipinski definition) is 3. The van der Waals surface area contributed by atoms with Gasteiger partial charge in [-0.25, -0.2) is 4.98 Å². The highest BCUT2D eigenvalue weighted by atomic mass is 15.1. The molecule has 1 aliphatic rings. The summed E-state index contributed by atoms with van der Waals surface area (Å²) in [5.41, 5.74) is 9.03. The van der Waals surface area contributed by atoms with Gasteiger partial charge < -0.3 is 15.0 Å². The van der Waals surface area contributed by atoms with E-state index in [9.17, 15) is 0 Å². The van der Waals surface area contributed by atoms with Gasteiger partial charge in [0.15, 0.2) is 0 Å². The van der Waals surface area contributed by atoms with Gasteiger partial charge in [-0.05, 0) is 49.5 Å². The average Bonchev–Trinajstić information content (AvgIpc) is 3.03. The molecule has 0 aromatic carbocycles. The number of nitrogens with zero attached hydrogens (tertiary/aromatic N) is 3. The lowest BCUT2D eigenvalue weighted by Crippen LogP contribution is -2.20. The van der Waals surface area contributed by atoms with Gasteiger partial charge in [-0.15, -0.1) is 0 Å². The number of imidazole rings is 1. The topological polar surface area (TPSA) is 46.6 Å². The lowest BCUT2D eigenvalue weighted by molar-refractivity contribution is 0.341. The molecule has 1 fully saturated rings. The molecule has 2 aromatic heterocycles. The van der Waals surface area contributed by atoms with E-state index in [0.29, 0.717) is 6.54 Å². The Kier molecular flexibility index (Phi) is 3.53. The Morgan fingerprint density at radius 3 is 3.11 bits per heavy atom. The Balaban J connectivity index is 1.75. The largest absolute Gasteiger partial charge is 0.326 e. The fourth-order valence-electron chi connectivity index (χ4n) is 2.96. The quantitative estimate of drug-likeness (QED) is 0.907. The first-order valence-electron chi connectivity index (χ1n) is 7.17. The van der Waals surface area contributed by atoms with Crippen LogP contribution in [0.2, 0.25) is 0 Å². The van der Waals surface area contributed by atoms with Crippen LogP contribution in [0, 0.1) is 5.92 Å². The molecule has 3 rings (SSSR count). The van der Waals surface area contributed by atoms with Crippen molar-refractivity contribution in [1.82, 2.24) is 14.3 Å². The molecule has 102 valence electrons. The molecule has 0 saturated carbocycles. The maximum atomic E-state index is 5.67. The maximum absolute atomic E-state index is 5.67. The Morgan fingerprint density at radius 1 is 1.47 bits per heavy atom. The van der Waals surface area contributed by atoms with Crippen molar-refractivity contribution in [3.05, 3.63) is 35.8 Å². The second-order valence-corrected chi connectivity index (χ2v) is 5.49. The molecule has 2 aromatic rings. The lowest BCUT2D eigenvalue weighted by atomic mass is 10.0. The molecule has 0 spiro atoms. The van der Waals surface area contributed by atoms with E-state index in [1.165, 1.54) is 31.7 Å². The molecule has 1 aliphatic heterocycles. The summed E-state index contributed by atoms with van der Waals surface area (Å²) in [5.74, 6) is 0.763. The number of nitrogens with two attached hydrogens (primary N) is 1. The summed E-state index contributed by atoms with van der Waals surface area (Å²) >= 11 is 0. The van der Waals surface area contributed by atoms with Crippen LogP contribution < -0.4 is 5.73 Å². The third-order valence-electron chi connectivity index (χ3n) is 4.13. The highest BCUT2D eigenvalue weighted by Crippen LogP contribution is 2.20. The fourth-order valence-corrected chi connectivity index (χ4v) is 2.96. The SMILES string of the molecule is CCN1CCC(Cc2cn3ccc(CN)cc3n2)C1. The Labute approximate surface area is 114 Å². The van der Waals surface area contributed by atoms with Crippen LogP contribution in [0.5, 0.6) is 0 Å². The molecule has 0 aliphatic carbocycles. The van der Waals surface area contributed by atoms with E-state index in [0.717, 1.165) is 23.5 Å². The van der Waals surface area contributed by atoms with Gasteiger partial charge in [0, 0.05) is 25.5 Å². The van der Waals surface area contributed by atoms with Crippen LogP contribution in [0.1, 0.15) is 24.6 Å². The molecule has 2 N–H and O–H groups in total. The van der Waals surface area contributed by atoms with Crippen LogP contribution in [0.3, 0.4) is 0 Å². The third kappa shape index (κ3) is 2.65. The highest BCUT2D eigenvalue weighted by molar-refractivity contribution is 5.43. The number of pyridine rings is 1. The fraction of sp³-hybridized carbons (Fsp3) is 0.533. The van der Waals surface area contributed by atoms with E-state index in [2.05, 4.69) is 40.8 Å². The standard InChI is InChI=1S/C15H22N4/c1-2-18-5-3-13(10-18)7-14-11-19-6-4-12(9-16)8-15(19)17-14/h4,6,8,11,13H,2-3,5,7,9-10,16H2,1H3. The van der Waals surface area contributed by atoms with E-state index in [-0.39, 0.29) is 0 Å². The molecule has 0 radical (unpaired) electrons. The summed E-state index contributed by atoms with van der Waals surface area (Å²) in [6, 6.07) is 4.14. The van der Waals surface area contributed by atoms with Crippen LogP contribution in [-0.4, -0.2) is 33.9 Å². The normalized spacial score (nSPS) is 20.4. The first-order chi connectivity index (χ1) is 9.28. The Bertz CT molecular complexity index is 560. The van der Waals surface area contributed by atoms with Gasteiger partial charge in [-0.2, -0.15) is 0 Å². The number of aromatic nitrogens is 2. The molecule has 1 saturated heterocycles. The predicted octanol–water partition coefficient (Wildman–Crippen LogP) is 1.68. The minimum Gasteiger partial charge on any atom is -0.326 e. The smallest absolute Gasteiger partial charge is 0.137 e. The van der Waals surface area contributed by atoms with Gasteiger partial charge in [-0.3, -0.25) is 0 Å². The average molecular weight is 258 g/mol. The van der Waals surface area contributed by atoms with Gasteiger partial charge in [0.1, 0.15) is 5.65 Å². The number of rotatable bonds is 4. The van der Waals surface area contributed by atoms with E-state index in [1.54, 1.807) is 0 Å². The zero-order valence-corrected chi connectivity index (χ0v) is 11.5. The molecular weight excluding hydrogens is 236 g/mol. The van der Waals surface area contributed by atoms with Gasteiger partial charge in [0.25, 0.3) is 0 Å². The molecule has 19 heavy (non-hydrogen) atoms. The molecule has 3 heterocycles. The summed E-state index contributed by atoms with van der Waals surface area (Å²) in [4.78, 5) is 7.25. The van der Waals surface area contributed by atoms with Crippen molar-refractivity contribution >= 4 is 5.65 Å².